The average molecular weight is 273 g/mol. The van der Waals surface area contributed by atoms with Crippen LogP contribution in [-0.4, -0.2) is 35.6 Å². The first kappa shape index (κ1) is 15.1. The molecule has 0 spiro atoms. The molecular formula is C17H27N3. The zero-order valence-electron chi connectivity index (χ0n) is 13.0. The summed E-state index contributed by atoms with van der Waals surface area (Å²) in [5, 5.41) is 4.78. The predicted molar refractivity (Wildman–Crippen MR) is 87.1 cm³/mol. The van der Waals surface area contributed by atoms with Crippen molar-refractivity contribution in [2.75, 3.05) is 26.2 Å². The van der Waals surface area contributed by atoms with Gasteiger partial charge in [-0.15, -0.1) is 0 Å². The van der Waals surface area contributed by atoms with E-state index in [1.165, 1.54) is 16.5 Å². The van der Waals surface area contributed by atoms with E-state index >= 15 is 0 Å². The molecule has 1 aromatic heterocycles. The van der Waals surface area contributed by atoms with Crippen LogP contribution in [-0.2, 0) is 13.1 Å². The smallest absolute Gasteiger partial charge is 0.0526 e. The fourth-order valence-electron chi connectivity index (χ4n) is 2.72. The molecule has 0 bridgehead atoms. The summed E-state index contributed by atoms with van der Waals surface area (Å²) in [6.45, 7) is 13.0. The van der Waals surface area contributed by atoms with Crippen molar-refractivity contribution in [3.05, 3.63) is 36.0 Å². The normalized spacial score (nSPS) is 11.6. The molecule has 0 unspecified atom stereocenters. The molecular weight excluding hydrogens is 246 g/mol. The Morgan fingerprint density at radius 3 is 2.60 bits per heavy atom. The molecule has 0 aliphatic heterocycles. The second-order valence-electron chi connectivity index (χ2n) is 5.17. The first-order chi connectivity index (χ1) is 9.80. The maximum Gasteiger partial charge on any atom is 0.0526 e. The summed E-state index contributed by atoms with van der Waals surface area (Å²) in [6, 6.07) is 8.83. The summed E-state index contributed by atoms with van der Waals surface area (Å²) in [7, 11) is 0. The number of nitrogens with zero attached hydrogens (tertiary/aromatic N) is 2. The lowest BCUT2D eigenvalue weighted by Gasteiger charge is -2.19. The van der Waals surface area contributed by atoms with E-state index in [9.17, 15) is 0 Å². The van der Waals surface area contributed by atoms with E-state index < -0.39 is 0 Å². The van der Waals surface area contributed by atoms with Crippen LogP contribution in [0.3, 0.4) is 0 Å². The maximum absolute atomic E-state index is 3.44. The number of fused-ring (bicyclic) bond motifs is 1. The van der Waals surface area contributed by atoms with Gasteiger partial charge in [-0.05, 0) is 36.7 Å². The Bertz CT molecular complexity index is 526. The minimum absolute atomic E-state index is 0.948. The summed E-state index contributed by atoms with van der Waals surface area (Å²) in [5.74, 6) is 0. The van der Waals surface area contributed by atoms with E-state index in [-0.39, 0.29) is 0 Å². The summed E-state index contributed by atoms with van der Waals surface area (Å²) >= 11 is 0. The first-order valence-electron chi connectivity index (χ1n) is 7.79. The second kappa shape index (κ2) is 7.46. The predicted octanol–water partition coefficient (Wildman–Crippen LogP) is 3.09. The number of benzene rings is 1. The molecule has 1 aromatic carbocycles. The summed E-state index contributed by atoms with van der Waals surface area (Å²) < 4.78 is 2.40. The Balaban J connectivity index is 2.20. The molecule has 0 aliphatic carbocycles. The Labute approximate surface area is 122 Å². The maximum atomic E-state index is 3.44. The van der Waals surface area contributed by atoms with E-state index in [2.05, 4.69) is 66.0 Å². The molecule has 1 heterocycles. The van der Waals surface area contributed by atoms with Gasteiger partial charge in [0.05, 0.1) is 5.52 Å². The Morgan fingerprint density at radius 2 is 1.90 bits per heavy atom. The zero-order valence-corrected chi connectivity index (χ0v) is 13.0. The van der Waals surface area contributed by atoms with Crippen LogP contribution in [0.5, 0.6) is 0 Å². The molecule has 3 heteroatoms. The van der Waals surface area contributed by atoms with Crippen LogP contribution in [0.25, 0.3) is 10.9 Å². The lowest BCUT2D eigenvalue weighted by molar-refractivity contribution is 0.292. The number of rotatable bonds is 8. The van der Waals surface area contributed by atoms with Crippen LogP contribution >= 0.6 is 0 Å². The van der Waals surface area contributed by atoms with Crippen LogP contribution in [0.2, 0.25) is 0 Å². The minimum atomic E-state index is 0.948. The van der Waals surface area contributed by atoms with Crippen molar-refractivity contribution < 1.29 is 0 Å². The van der Waals surface area contributed by atoms with Gasteiger partial charge >= 0.3 is 0 Å². The molecule has 2 aromatic rings. The number of hydrogen-bond donors (Lipinski definition) is 1. The van der Waals surface area contributed by atoms with Gasteiger partial charge in [0.15, 0.2) is 0 Å². The van der Waals surface area contributed by atoms with E-state index in [1.807, 2.05) is 0 Å². The van der Waals surface area contributed by atoms with Crippen molar-refractivity contribution in [3.8, 4) is 0 Å². The highest BCUT2D eigenvalue weighted by atomic mass is 15.1. The molecule has 2 rings (SSSR count). The largest absolute Gasteiger partial charge is 0.346 e. The van der Waals surface area contributed by atoms with Gasteiger partial charge in [0.25, 0.3) is 0 Å². The molecule has 0 radical (unpaired) electrons. The monoisotopic (exact) mass is 273 g/mol. The molecule has 20 heavy (non-hydrogen) atoms. The molecule has 0 saturated carbocycles. The van der Waals surface area contributed by atoms with E-state index in [1.54, 1.807) is 0 Å². The number of likely N-dealkylation sites (N-methyl/N-ethyl adjacent to an activating group) is 1. The molecule has 0 saturated heterocycles. The van der Waals surface area contributed by atoms with Gasteiger partial charge < -0.3 is 14.8 Å². The molecule has 0 aliphatic rings. The van der Waals surface area contributed by atoms with Gasteiger partial charge in [-0.25, -0.2) is 0 Å². The Hall–Kier alpha value is -1.32. The summed E-state index contributed by atoms with van der Waals surface area (Å²) in [4.78, 5) is 2.47. The van der Waals surface area contributed by atoms with Crippen molar-refractivity contribution in [1.29, 1.82) is 0 Å². The van der Waals surface area contributed by atoms with Crippen LogP contribution in [0, 0.1) is 0 Å². The third-order valence-electron chi connectivity index (χ3n) is 3.99. The topological polar surface area (TPSA) is 20.2 Å². The quantitative estimate of drug-likeness (QED) is 0.797. The molecule has 1 N–H and O–H groups in total. The van der Waals surface area contributed by atoms with Crippen molar-refractivity contribution >= 4 is 10.9 Å². The fraction of sp³-hybridized carbons (Fsp3) is 0.529. The highest BCUT2D eigenvalue weighted by Crippen LogP contribution is 2.20. The highest BCUT2D eigenvalue weighted by molar-refractivity contribution is 5.83. The standard InChI is InChI=1S/C17H27N3/c1-4-18-14-16-9-7-8-15-10-11-20(17(15)16)13-12-19(5-2)6-3/h7-11,18H,4-6,12-14H2,1-3H3. The third kappa shape index (κ3) is 3.41. The Morgan fingerprint density at radius 1 is 1.10 bits per heavy atom. The van der Waals surface area contributed by atoms with Gasteiger partial charge in [-0.1, -0.05) is 39.0 Å². The zero-order chi connectivity index (χ0) is 14.4. The molecule has 0 atom stereocenters. The lowest BCUT2D eigenvalue weighted by atomic mass is 10.1. The van der Waals surface area contributed by atoms with Crippen molar-refractivity contribution in [2.24, 2.45) is 0 Å². The van der Waals surface area contributed by atoms with Crippen LogP contribution in [0.4, 0.5) is 0 Å². The third-order valence-corrected chi connectivity index (χ3v) is 3.99. The van der Waals surface area contributed by atoms with Gasteiger partial charge in [0.1, 0.15) is 0 Å². The van der Waals surface area contributed by atoms with Crippen molar-refractivity contribution in [2.45, 2.75) is 33.9 Å². The van der Waals surface area contributed by atoms with Crippen LogP contribution < -0.4 is 5.32 Å². The summed E-state index contributed by atoms with van der Waals surface area (Å²) in [6.07, 6.45) is 2.23. The first-order valence-corrected chi connectivity index (χ1v) is 7.79. The molecule has 0 amide bonds. The number of hydrogen-bond acceptors (Lipinski definition) is 2. The highest BCUT2D eigenvalue weighted by Gasteiger charge is 2.07. The van der Waals surface area contributed by atoms with Gasteiger partial charge in [-0.2, -0.15) is 0 Å². The lowest BCUT2D eigenvalue weighted by Crippen LogP contribution is -2.27. The summed E-state index contributed by atoms with van der Waals surface area (Å²) in [5.41, 5.74) is 2.79. The van der Waals surface area contributed by atoms with Gasteiger partial charge in [0.2, 0.25) is 0 Å². The Kier molecular flexibility index (Phi) is 5.62. The van der Waals surface area contributed by atoms with Crippen molar-refractivity contribution in [3.63, 3.8) is 0 Å². The van der Waals surface area contributed by atoms with Gasteiger partial charge in [0, 0.05) is 25.8 Å². The SMILES string of the molecule is CCNCc1cccc2ccn(CCN(CC)CC)c12. The average Bonchev–Trinajstić information content (AvgIpc) is 2.90. The fourth-order valence-corrected chi connectivity index (χ4v) is 2.72. The van der Waals surface area contributed by atoms with E-state index in [0.717, 1.165) is 39.3 Å². The van der Waals surface area contributed by atoms with Gasteiger partial charge in [-0.3, -0.25) is 0 Å². The number of para-hydroxylation sites is 1. The number of aromatic nitrogens is 1. The van der Waals surface area contributed by atoms with E-state index in [0.29, 0.717) is 0 Å². The molecule has 110 valence electrons. The number of nitrogens with one attached hydrogen (secondary N) is 1. The second-order valence-corrected chi connectivity index (χ2v) is 5.17. The minimum Gasteiger partial charge on any atom is -0.346 e. The van der Waals surface area contributed by atoms with Crippen molar-refractivity contribution in [1.82, 2.24) is 14.8 Å². The molecule has 3 nitrogen and oxygen atoms in total. The van der Waals surface area contributed by atoms with Crippen LogP contribution in [0.1, 0.15) is 26.3 Å². The molecule has 0 fully saturated rings. The van der Waals surface area contributed by atoms with E-state index in [4.69, 9.17) is 0 Å². The van der Waals surface area contributed by atoms with Crippen LogP contribution in [0.15, 0.2) is 30.5 Å².